The quantitative estimate of drug-likeness (QED) is 0.415. The first-order valence-corrected chi connectivity index (χ1v) is 11.9. The van der Waals surface area contributed by atoms with Gasteiger partial charge in [0.2, 0.25) is 5.91 Å². The molecular formula is C28H35N3O3. The van der Waals surface area contributed by atoms with Gasteiger partial charge >= 0.3 is 6.03 Å². The number of amides is 3. The predicted molar refractivity (Wildman–Crippen MR) is 136 cm³/mol. The number of furan rings is 1. The molecule has 0 spiro atoms. The number of carbonyl (C=O) groups is 2. The van der Waals surface area contributed by atoms with Crippen LogP contribution < -0.4 is 5.32 Å². The van der Waals surface area contributed by atoms with Crippen LogP contribution >= 0.6 is 0 Å². The van der Waals surface area contributed by atoms with Crippen molar-refractivity contribution >= 4 is 17.6 Å². The molecular weight excluding hydrogens is 426 g/mol. The van der Waals surface area contributed by atoms with Gasteiger partial charge in [-0.3, -0.25) is 4.79 Å². The summed E-state index contributed by atoms with van der Waals surface area (Å²) in [5.41, 5.74) is 4.05. The molecule has 2 aromatic carbocycles. The summed E-state index contributed by atoms with van der Waals surface area (Å²) < 4.78 is 5.50. The van der Waals surface area contributed by atoms with Crippen LogP contribution in [0.15, 0.2) is 71.3 Å². The highest BCUT2D eigenvalue weighted by Gasteiger charge is 2.25. The van der Waals surface area contributed by atoms with Gasteiger partial charge in [-0.2, -0.15) is 0 Å². The van der Waals surface area contributed by atoms with Crippen molar-refractivity contribution in [2.75, 3.05) is 18.4 Å². The number of aryl methyl sites for hydroxylation is 1. The van der Waals surface area contributed by atoms with Gasteiger partial charge < -0.3 is 19.5 Å². The Morgan fingerprint density at radius 2 is 1.76 bits per heavy atom. The number of benzene rings is 2. The normalized spacial score (nSPS) is 11.6. The zero-order valence-electron chi connectivity index (χ0n) is 20.6. The van der Waals surface area contributed by atoms with E-state index < -0.39 is 0 Å². The molecule has 3 rings (SSSR count). The summed E-state index contributed by atoms with van der Waals surface area (Å²) in [7, 11) is 0. The Morgan fingerprint density at radius 3 is 2.44 bits per heavy atom. The number of nitrogens with one attached hydrogen (secondary N) is 1. The van der Waals surface area contributed by atoms with Crippen LogP contribution in [0.3, 0.4) is 0 Å². The lowest BCUT2D eigenvalue weighted by Gasteiger charge is -2.31. The maximum absolute atomic E-state index is 13.5. The molecule has 1 N–H and O–H groups in total. The summed E-state index contributed by atoms with van der Waals surface area (Å²) >= 11 is 0. The van der Waals surface area contributed by atoms with E-state index in [1.54, 1.807) is 16.1 Å². The molecule has 180 valence electrons. The molecule has 3 aromatic rings. The minimum atomic E-state index is -0.266. The van der Waals surface area contributed by atoms with Crippen molar-refractivity contribution < 1.29 is 14.0 Å². The Balaban J connectivity index is 1.75. The Labute approximate surface area is 202 Å². The number of rotatable bonds is 10. The van der Waals surface area contributed by atoms with Gasteiger partial charge in [-0.15, -0.1) is 0 Å². The number of hydrogen-bond donors (Lipinski definition) is 1. The van der Waals surface area contributed by atoms with Crippen molar-refractivity contribution in [1.82, 2.24) is 9.80 Å². The van der Waals surface area contributed by atoms with Gasteiger partial charge in [0.25, 0.3) is 0 Å². The molecule has 0 saturated heterocycles. The Hall–Kier alpha value is -3.54. The fourth-order valence-electron chi connectivity index (χ4n) is 3.76. The van der Waals surface area contributed by atoms with E-state index in [-0.39, 0.29) is 24.5 Å². The first kappa shape index (κ1) is 25.1. The third-order valence-corrected chi connectivity index (χ3v) is 6.33. The van der Waals surface area contributed by atoms with E-state index in [1.807, 2.05) is 76.2 Å². The highest BCUT2D eigenvalue weighted by molar-refractivity contribution is 5.93. The second-order valence-corrected chi connectivity index (χ2v) is 8.69. The maximum Gasteiger partial charge on any atom is 0.322 e. The van der Waals surface area contributed by atoms with E-state index in [1.165, 1.54) is 0 Å². The molecule has 0 aliphatic carbocycles. The van der Waals surface area contributed by atoms with Gasteiger partial charge in [-0.25, -0.2) is 4.79 Å². The summed E-state index contributed by atoms with van der Waals surface area (Å²) in [5, 5.41) is 3.01. The molecule has 3 amide bonds. The SMILES string of the molecule is CCC(C)N(CC(=O)N(CCc1ccccc1)Cc1ccco1)C(=O)Nc1cccc(C)c1C. The van der Waals surface area contributed by atoms with Crippen molar-refractivity contribution in [3.05, 3.63) is 89.4 Å². The lowest BCUT2D eigenvalue weighted by atomic mass is 10.1. The van der Waals surface area contributed by atoms with Crippen molar-refractivity contribution in [1.29, 1.82) is 0 Å². The molecule has 6 heteroatoms. The van der Waals surface area contributed by atoms with Crippen molar-refractivity contribution in [2.45, 2.75) is 53.1 Å². The third kappa shape index (κ3) is 6.73. The summed E-state index contributed by atoms with van der Waals surface area (Å²) in [5.74, 6) is 0.611. The van der Waals surface area contributed by atoms with Gasteiger partial charge in [0.15, 0.2) is 0 Å². The van der Waals surface area contributed by atoms with Gasteiger partial charge in [0.05, 0.1) is 12.8 Å². The number of hydrogen-bond acceptors (Lipinski definition) is 3. The summed E-state index contributed by atoms with van der Waals surface area (Å²) in [4.78, 5) is 30.1. The van der Waals surface area contributed by atoms with Crippen LogP contribution in [0.2, 0.25) is 0 Å². The van der Waals surface area contributed by atoms with Crippen molar-refractivity contribution in [3.8, 4) is 0 Å². The average Bonchev–Trinajstić information content (AvgIpc) is 3.36. The van der Waals surface area contributed by atoms with Gasteiger partial charge in [0.1, 0.15) is 12.3 Å². The molecule has 0 saturated carbocycles. The van der Waals surface area contributed by atoms with Gasteiger partial charge in [-0.05, 0) is 68.5 Å². The lowest BCUT2D eigenvalue weighted by Crippen LogP contribution is -2.48. The Kier molecular flexibility index (Phi) is 8.91. The minimum Gasteiger partial charge on any atom is -0.467 e. The first-order chi connectivity index (χ1) is 16.4. The molecule has 1 aromatic heterocycles. The smallest absolute Gasteiger partial charge is 0.322 e. The zero-order chi connectivity index (χ0) is 24.5. The van der Waals surface area contributed by atoms with E-state index in [0.29, 0.717) is 13.1 Å². The fraction of sp³-hybridized carbons (Fsp3) is 0.357. The van der Waals surface area contributed by atoms with E-state index in [0.717, 1.165) is 41.0 Å². The standard InChI is InChI=1S/C28H35N3O3/c1-5-22(3)31(28(33)29-26-15-9-11-21(2)23(26)4)20-27(32)30(19-25-14-10-18-34-25)17-16-24-12-7-6-8-13-24/h6-15,18,22H,5,16-17,19-20H2,1-4H3,(H,29,33). The topological polar surface area (TPSA) is 65.8 Å². The van der Waals surface area contributed by atoms with E-state index in [4.69, 9.17) is 4.42 Å². The highest BCUT2D eigenvalue weighted by atomic mass is 16.3. The average molecular weight is 462 g/mol. The summed E-state index contributed by atoms with van der Waals surface area (Å²) in [6.07, 6.45) is 3.08. The van der Waals surface area contributed by atoms with Crippen LogP contribution in [0.25, 0.3) is 0 Å². The van der Waals surface area contributed by atoms with E-state index in [2.05, 4.69) is 17.4 Å². The van der Waals surface area contributed by atoms with Gasteiger partial charge in [-0.1, -0.05) is 49.4 Å². The van der Waals surface area contributed by atoms with Gasteiger partial charge in [0, 0.05) is 18.3 Å². The van der Waals surface area contributed by atoms with Crippen molar-refractivity contribution in [3.63, 3.8) is 0 Å². The van der Waals surface area contributed by atoms with Crippen LogP contribution in [-0.4, -0.2) is 40.9 Å². The first-order valence-electron chi connectivity index (χ1n) is 11.9. The number of urea groups is 1. The van der Waals surface area contributed by atoms with E-state index >= 15 is 0 Å². The Bertz CT molecular complexity index is 1060. The summed E-state index contributed by atoms with van der Waals surface area (Å²) in [6, 6.07) is 19.2. The van der Waals surface area contributed by atoms with Crippen LogP contribution in [0.1, 0.15) is 42.7 Å². The van der Waals surface area contributed by atoms with Crippen LogP contribution in [0.4, 0.5) is 10.5 Å². The second kappa shape index (κ2) is 12.1. The van der Waals surface area contributed by atoms with Crippen molar-refractivity contribution in [2.24, 2.45) is 0 Å². The molecule has 0 aliphatic heterocycles. The Morgan fingerprint density at radius 1 is 1.00 bits per heavy atom. The van der Waals surface area contributed by atoms with Crippen LogP contribution in [-0.2, 0) is 17.8 Å². The molecule has 1 heterocycles. The summed E-state index contributed by atoms with van der Waals surface area (Å²) in [6.45, 7) is 8.89. The monoisotopic (exact) mass is 461 g/mol. The molecule has 0 radical (unpaired) electrons. The third-order valence-electron chi connectivity index (χ3n) is 6.33. The van der Waals surface area contributed by atoms with E-state index in [9.17, 15) is 9.59 Å². The highest BCUT2D eigenvalue weighted by Crippen LogP contribution is 2.19. The molecule has 0 aliphatic rings. The molecule has 1 atom stereocenters. The molecule has 0 fully saturated rings. The molecule has 1 unspecified atom stereocenters. The minimum absolute atomic E-state index is 0.00119. The molecule has 6 nitrogen and oxygen atoms in total. The number of carbonyl (C=O) groups excluding carboxylic acids is 2. The fourth-order valence-corrected chi connectivity index (χ4v) is 3.76. The lowest BCUT2D eigenvalue weighted by molar-refractivity contribution is -0.133. The predicted octanol–water partition coefficient (Wildman–Crippen LogP) is 5.80. The number of nitrogens with zero attached hydrogens (tertiary/aromatic N) is 2. The number of anilines is 1. The van der Waals surface area contributed by atoms with Crippen LogP contribution in [0, 0.1) is 13.8 Å². The van der Waals surface area contributed by atoms with Crippen LogP contribution in [0.5, 0.6) is 0 Å². The maximum atomic E-state index is 13.5. The largest absolute Gasteiger partial charge is 0.467 e. The molecule has 34 heavy (non-hydrogen) atoms. The molecule has 0 bridgehead atoms. The zero-order valence-corrected chi connectivity index (χ0v) is 20.6. The second-order valence-electron chi connectivity index (χ2n) is 8.69.